The lowest BCUT2D eigenvalue weighted by atomic mass is 10.1. The lowest BCUT2D eigenvalue weighted by Crippen LogP contribution is -2.37. The Labute approximate surface area is 176 Å². The average molecular weight is 406 g/mol. The van der Waals surface area contributed by atoms with Gasteiger partial charge in [-0.15, -0.1) is 0 Å². The third-order valence-electron chi connectivity index (χ3n) is 5.27. The number of carbonyl (C=O) groups is 1. The molecule has 2 aromatic carbocycles. The number of benzene rings is 2. The van der Waals surface area contributed by atoms with Gasteiger partial charge in [-0.2, -0.15) is 0 Å². The van der Waals surface area contributed by atoms with Crippen molar-refractivity contribution in [3.05, 3.63) is 83.9 Å². The van der Waals surface area contributed by atoms with Crippen LogP contribution < -0.4 is 10.6 Å². The van der Waals surface area contributed by atoms with Crippen LogP contribution in [0.3, 0.4) is 0 Å². The molecule has 156 valence electrons. The van der Waals surface area contributed by atoms with Gasteiger partial charge in [-0.05, 0) is 22.8 Å². The minimum absolute atomic E-state index is 0.184. The molecule has 2 N–H and O–H groups in total. The number of hydrogen-bond donors (Lipinski definition) is 2. The van der Waals surface area contributed by atoms with Gasteiger partial charge in [0.15, 0.2) is 0 Å². The summed E-state index contributed by atoms with van der Waals surface area (Å²) in [4.78, 5) is 18.9. The first-order valence-electron chi connectivity index (χ1n) is 10.2. The Balaban J connectivity index is 1.32. The third kappa shape index (κ3) is 5.25. The van der Waals surface area contributed by atoms with Crippen molar-refractivity contribution in [1.82, 2.24) is 25.1 Å². The summed E-state index contributed by atoms with van der Waals surface area (Å²) in [5, 5.41) is 5.95. The van der Waals surface area contributed by atoms with Crippen molar-refractivity contribution < 1.29 is 9.53 Å². The zero-order valence-electron chi connectivity index (χ0n) is 17.0. The van der Waals surface area contributed by atoms with E-state index in [1.165, 1.54) is 5.56 Å². The number of rotatable bonds is 7. The van der Waals surface area contributed by atoms with Gasteiger partial charge in [0.2, 0.25) is 0 Å². The molecule has 3 aromatic rings. The molecule has 7 heteroatoms. The Bertz CT molecular complexity index is 952. The van der Waals surface area contributed by atoms with Crippen LogP contribution in [0.2, 0.25) is 0 Å². The highest BCUT2D eigenvalue weighted by Gasteiger charge is 2.13. The van der Waals surface area contributed by atoms with E-state index in [1.807, 2.05) is 47.2 Å². The van der Waals surface area contributed by atoms with Crippen molar-refractivity contribution in [3.63, 3.8) is 0 Å². The van der Waals surface area contributed by atoms with E-state index in [0.29, 0.717) is 13.1 Å². The van der Waals surface area contributed by atoms with Crippen LogP contribution in [0, 0.1) is 0 Å². The molecule has 0 unspecified atom stereocenters. The average Bonchev–Trinajstić information content (AvgIpc) is 3.33. The zero-order chi connectivity index (χ0) is 20.6. The Morgan fingerprint density at radius 2 is 1.60 bits per heavy atom. The van der Waals surface area contributed by atoms with Crippen molar-refractivity contribution in [2.24, 2.45) is 0 Å². The summed E-state index contributed by atoms with van der Waals surface area (Å²) >= 11 is 0. The summed E-state index contributed by atoms with van der Waals surface area (Å²) in [6.07, 6.45) is 5.39. The van der Waals surface area contributed by atoms with E-state index in [2.05, 4.69) is 32.7 Å². The highest BCUT2D eigenvalue weighted by Crippen LogP contribution is 2.14. The van der Waals surface area contributed by atoms with Gasteiger partial charge < -0.3 is 19.9 Å². The van der Waals surface area contributed by atoms with Crippen LogP contribution in [0.15, 0.2) is 67.3 Å². The molecule has 0 saturated carbocycles. The first-order chi connectivity index (χ1) is 14.8. The molecule has 0 bridgehead atoms. The van der Waals surface area contributed by atoms with Gasteiger partial charge in [0.25, 0.3) is 0 Å². The van der Waals surface area contributed by atoms with Crippen LogP contribution in [-0.2, 0) is 24.4 Å². The van der Waals surface area contributed by atoms with E-state index in [9.17, 15) is 4.79 Å². The summed E-state index contributed by atoms with van der Waals surface area (Å²) in [6.45, 7) is 5.26. The van der Waals surface area contributed by atoms with Crippen LogP contribution in [0.5, 0.6) is 0 Å². The van der Waals surface area contributed by atoms with Crippen molar-refractivity contribution >= 4 is 6.03 Å². The van der Waals surface area contributed by atoms with Crippen LogP contribution in [-0.4, -0.2) is 46.8 Å². The summed E-state index contributed by atoms with van der Waals surface area (Å²) in [7, 11) is 0. The summed E-state index contributed by atoms with van der Waals surface area (Å²) in [6, 6.07) is 16.0. The Kier molecular flexibility index (Phi) is 6.74. The highest BCUT2D eigenvalue weighted by atomic mass is 16.5. The molecule has 0 radical (unpaired) electrons. The second-order valence-corrected chi connectivity index (χ2v) is 7.29. The first-order valence-corrected chi connectivity index (χ1v) is 10.2. The van der Waals surface area contributed by atoms with Crippen molar-refractivity contribution in [1.29, 1.82) is 0 Å². The van der Waals surface area contributed by atoms with E-state index in [1.54, 1.807) is 12.5 Å². The van der Waals surface area contributed by atoms with E-state index in [0.717, 1.165) is 49.7 Å². The smallest absolute Gasteiger partial charge is 0.315 e. The van der Waals surface area contributed by atoms with Gasteiger partial charge in [0.05, 0.1) is 25.2 Å². The molecular weight excluding hydrogens is 378 g/mol. The van der Waals surface area contributed by atoms with Gasteiger partial charge in [-0.25, -0.2) is 9.78 Å². The molecule has 2 amide bonds. The molecule has 1 aromatic heterocycles. The third-order valence-corrected chi connectivity index (χ3v) is 5.27. The predicted molar refractivity (Wildman–Crippen MR) is 115 cm³/mol. The number of nitrogens with zero attached hydrogens (tertiary/aromatic N) is 3. The number of carbonyl (C=O) groups excluding carboxylic acids is 1. The molecule has 1 aliphatic rings. The number of morpholine rings is 1. The van der Waals surface area contributed by atoms with Crippen LogP contribution >= 0.6 is 0 Å². The molecule has 1 aliphatic heterocycles. The standard InChI is InChI=1S/C23H27N5O2/c29-23(26-16-20-6-3-4-8-22(20)28-10-9-24-18-28)25-15-19-5-1-2-7-21(19)17-27-11-13-30-14-12-27/h1-10,18H,11-17H2,(H2,25,26,29). The summed E-state index contributed by atoms with van der Waals surface area (Å²) in [5.74, 6) is 0. The SMILES string of the molecule is O=C(NCc1ccccc1CN1CCOCC1)NCc1ccccc1-n1ccnc1. The van der Waals surface area contributed by atoms with Crippen molar-refractivity contribution in [2.45, 2.75) is 19.6 Å². The van der Waals surface area contributed by atoms with Crippen molar-refractivity contribution in [2.75, 3.05) is 26.3 Å². The lowest BCUT2D eigenvalue weighted by Gasteiger charge is -2.27. The molecule has 1 saturated heterocycles. The van der Waals surface area contributed by atoms with Crippen molar-refractivity contribution in [3.8, 4) is 5.69 Å². The van der Waals surface area contributed by atoms with Gasteiger partial charge in [-0.3, -0.25) is 4.90 Å². The number of nitrogens with one attached hydrogen (secondary N) is 2. The fourth-order valence-electron chi connectivity index (χ4n) is 3.61. The maximum absolute atomic E-state index is 12.4. The predicted octanol–water partition coefficient (Wildman–Crippen LogP) is 2.70. The molecular formula is C23H27N5O2. The molecule has 0 atom stereocenters. The topological polar surface area (TPSA) is 71.4 Å². The molecule has 4 rings (SSSR count). The van der Waals surface area contributed by atoms with Gasteiger partial charge in [0, 0.05) is 45.1 Å². The molecule has 30 heavy (non-hydrogen) atoms. The number of hydrogen-bond acceptors (Lipinski definition) is 4. The second kappa shape index (κ2) is 10.0. The number of imidazole rings is 1. The maximum Gasteiger partial charge on any atom is 0.315 e. The Morgan fingerprint density at radius 3 is 2.33 bits per heavy atom. The molecule has 2 heterocycles. The molecule has 0 aliphatic carbocycles. The molecule has 7 nitrogen and oxygen atoms in total. The highest BCUT2D eigenvalue weighted by molar-refractivity contribution is 5.74. The quantitative estimate of drug-likeness (QED) is 0.634. The number of aromatic nitrogens is 2. The Morgan fingerprint density at radius 1 is 0.933 bits per heavy atom. The van der Waals surface area contributed by atoms with Crippen LogP contribution in [0.4, 0.5) is 4.79 Å². The number of para-hydroxylation sites is 1. The largest absolute Gasteiger partial charge is 0.379 e. The van der Waals surface area contributed by atoms with Gasteiger partial charge in [-0.1, -0.05) is 42.5 Å². The number of urea groups is 1. The minimum atomic E-state index is -0.184. The summed E-state index contributed by atoms with van der Waals surface area (Å²) < 4.78 is 7.37. The fourth-order valence-corrected chi connectivity index (χ4v) is 3.61. The lowest BCUT2D eigenvalue weighted by molar-refractivity contribution is 0.0341. The Hall–Kier alpha value is -3.16. The zero-order valence-corrected chi connectivity index (χ0v) is 17.0. The van der Waals surface area contributed by atoms with E-state index < -0.39 is 0 Å². The van der Waals surface area contributed by atoms with Crippen LogP contribution in [0.1, 0.15) is 16.7 Å². The molecule has 0 spiro atoms. The maximum atomic E-state index is 12.4. The van der Waals surface area contributed by atoms with E-state index in [-0.39, 0.29) is 6.03 Å². The van der Waals surface area contributed by atoms with Gasteiger partial charge >= 0.3 is 6.03 Å². The van der Waals surface area contributed by atoms with Crippen LogP contribution in [0.25, 0.3) is 5.69 Å². The molecule has 1 fully saturated rings. The number of amides is 2. The number of ether oxygens (including phenoxy) is 1. The summed E-state index contributed by atoms with van der Waals surface area (Å²) in [5.41, 5.74) is 4.41. The van der Waals surface area contributed by atoms with E-state index >= 15 is 0 Å². The van der Waals surface area contributed by atoms with Gasteiger partial charge in [0.1, 0.15) is 0 Å². The van der Waals surface area contributed by atoms with E-state index in [4.69, 9.17) is 4.74 Å². The minimum Gasteiger partial charge on any atom is -0.379 e. The first kappa shape index (κ1) is 20.1. The normalized spacial score (nSPS) is 14.4. The fraction of sp³-hybridized carbons (Fsp3) is 0.304. The second-order valence-electron chi connectivity index (χ2n) is 7.29. The monoisotopic (exact) mass is 405 g/mol.